The molecular weight excluding hydrogens is 387 g/mol. The number of thiophene rings is 1. The quantitative estimate of drug-likeness (QED) is 0.643. The third-order valence-electron chi connectivity index (χ3n) is 5.41. The molecule has 1 aliphatic heterocycles. The van der Waals surface area contributed by atoms with Gasteiger partial charge in [-0.2, -0.15) is 16.4 Å². The van der Waals surface area contributed by atoms with Crippen LogP contribution in [0.15, 0.2) is 53.4 Å². The van der Waals surface area contributed by atoms with E-state index in [1.807, 2.05) is 23.0 Å². The van der Waals surface area contributed by atoms with Crippen LogP contribution in [0, 0.1) is 11.7 Å². The van der Waals surface area contributed by atoms with Gasteiger partial charge in [0.1, 0.15) is 5.82 Å². The van der Waals surface area contributed by atoms with Gasteiger partial charge in [-0.05, 0) is 48.4 Å². The van der Waals surface area contributed by atoms with E-state index < -0.39 is 0 Å². The number of halogens is 1. The Labute approximate surface area is 174 Å². The zero-order valence-corrected chi connectivity index (χ0v) is 17.1. The van der Waals surface area contributed by atoms with E-state index in [9.17, 15) is 9.18 Å². The summed E-state index contributed by atoms with van der Waals surface area (Å²) in [6.45, 7) is 2.96. The number of amides is 1. The van der Waals surface area contributed by atoms with Crippen molar-refractivity contribution in [3.05, 3.63) is 64.7 Å². The van der Waals surface area contributed by atoms with Gasteiger partial charge in [-0.1, -0.05) is 18.2 Å². The van der Waals surface area contributed by atoms with E-state index >= 15 is 0 Å². The molecule has 0 spiro atoms. The molecule has 1 aliphatic rings. The van der Waals surface area contributed by atoms with Gasteiger partial charge in [0, 0.05) is 42.7 Å². The fraction of sp³-hybridized carbons (Fsp3) is 0.364. The van der Waals surface area contributed by atoms with Crippen LogP contribution < -0.4 is 5.32 Å². The van der Waals surface area contributed by atoms with Crippen LogP contribution in [0.1, 0.15) is 18.4 Å². The topological polar surface area (TPSA) is 50.2 Å². The summed E-state index contributed by atoms with van der Waals surface area (Å²) in [5.74, 6) is -0.0958. The normalized spacial score (nSPS) is 15.5. The number of piperidine rings is 1. The second-order valence-electron chi connectivity index (χ2n) is 7.42. The summed E-state index contributed by atoms with van der Waals surface area (Å²) >= 11 is 1.67. The molecule has 3 aromatic rings. The van der Waals surface area contributed by atoms with Gasteiger partial charge in [-0.3, -0.25) is 14.4 Å². The zero-order valence-electron chi connectivity index (χ0n) is 16.3. The molecule has 4 rings (SSSR count). The zero-order chi connectivity index (χ0) is 20.1. The third kappa shape index (κ3) is 5.10. The van der Waals surface area contributed by atoms with E-state index in [-0.39, 0.29) is 17.6 Å². The van der Waals surface area contributed by atoms with E-state index in [0.717, 1.165) is 43.9 Å². The monoisotopic (exact) mass is 412 g/mol. The second kappa shape index (κ2) is 9.33. The number of aromatic nitrogens is 2. The Bertz CT molecular complexity index is 932. The van der Waals surface area contributed by atoms with Gasteiger partial charge < -0.3 is 5.32 Å². The van der Waals surface area contributed by atoms with Crippen LogP contribution in [-0.4, -0.2) is 40.2 Å². The molecule has 1 N–H and O–H groups in total. The van der Waals surface area contributed by atoms with Gasteiger partial charge in [0.15, 0.2) is 0 Å². The van der Waals surface area contributed by atoms with Gasteiger partial charge in [0.2, 0.25) is 5.91 Å². The van der Waals surface area contributed by atoms with Crippen molar-refractivity contribution in [2.45, 2.75) is 25.9 Å². The standard InChI is InChI=1S/C22H25FN4OS/c23-20-4-2-1-3-17(20)5-10-24-22(28)18-6-11-26(12-7-18)16-27-13-8-21(25-27)19-9-14-29-15-19/h1-4,8-9,13-15,18H,5-7,10-12,16H2,(H,24,28). The Morgan fingerprint density at radius 2 is 2.03 bits per heavy atom. The van der Waals surface area contributed by atoms with Gasteiger partial charge in [0.05, 0.1) is 12.4 Å². The Balaban J connectivity index is 1.20. The maximum atomic E-state index is 13.6. The predicted molar refractivity (Wildman–Crippen MR) is 113 cm³/mol. The lowest BCUT2D eigenvalue weighted by molar-refractivity contribution is -0.126. The van der Waals surface area contributed by atoms with Crippen molar-refractivity contribution in [2.75, 3.05) is 19.6 Å². The lowest BCUT2D eigenvalue weighted by atomic mass is 9.96. The molecule has 29 heavy (non-hydrogen) atoms. The van der Waals surface area contributed by atoms with E-state index in [4.69, 9.17) is 0 Å². The molecule has 2 aromatic heterocycles. The second-order valence-corrected chi connectivity index (χ2v) is 8.20. The minimum Gasteiger partial charge on any atom is -0.356 e. The highest BCUT2D eigenvalue weighted by Crippen LogP contribution is 2.21. The first-order valence-electron chi connectivity index (χ1n) is 9.98. The van der Waals surface area contributed by atoms with Crippen LogP contribution in [0.3, 0.4) is 0 Å². The van der Waals surface area contributed by atoms with Crippen LogP contribution >= 0.6 is 11.3 Å². The summed E-state index contributed by atoms with van der Waals surface area (Å²) in [6.07, 6.45) is 4.20. The summed E-state index contributed by atoms with van der Waals surface area (Å²) in [7, 11) is 0. The summed E-state index contributed by atoms with van der Waals surface area (Å²) in [6, 6.07) is 10.8. The number of nitrogens with zero attached hydrogens (tertiary/aromatic N) is 3. The molecule has 3 heterocycles. The highest BCUT2D eigenvalue weighted by Gasteiger charge is 2.25. The largest absolute Gasteiger partial charge is 0.356 e. The minimum absolute atomic E-state index is 0.0332. The number of benzene rings is 1. The first-order chi connectivity index (χ1) is 14.2. The average Bonchev–Trinajstić information content (AvgIpc) is 3.42. The first-order valence-corrected chi connectivity index (χ1v) is 10.9. The molecule has 5 nitrogen and oxygen atoms in total. The van der Waals surface area contributed by atoms with Crippen LogP contribution in [0.4, 0.5) is 4.39 Å². The molecule has 1 fully saturated rings. The third-order valence-corrected chi connectivity index (χ3v) is 6.10. The summed E-state index contributed by atoms with van der Waals surface area (Å²) in [5.41, 5.74) is 2.79. The highest BCUT2D eigenvalue weighted by atomic mass is 32.1. The molecule has 152 valence electrons. The summed E-state index contributed by atoms with van der Waals surface area (Å²) in [4.78, 5) is 14.8. The van der Waals surface area contributed by atoms with E-state index in [1.54, 1.807) is 23.5 Å². The smallest absolute Gasteiger partial charge is 0.223 e. The van der Waals surface area contributed by atoms with Crippen molar-refractivity contribution in [3.8, 4) is 11.3 Å². The fourth-order valence-corrected chi connectivity index (χ4v) is 4.36. The number of nitrogens with one attached hydrogen (secondary N) is 1. The number of hydrogen-bond donors (Lipinski definition) is 1. The predicted octanol–water partition coefficient (Wildman–Crippen LogP) is 3.78. The van der Waals surface area contributed by atoms with Gasteiger partial charge in [-0.15, -0.1) is 0 Å². The lowest BCUT2D eigenvalue weighted by Gasteiger charge is -2.31. The Morgan fingerprint density at radius 1 is 1.21 bits per heavy atom. The molecule has 1 saturated heterocycles. The summed E-state index contributed by atoms with van der Waals surface area (Å²) < 4.78 is 15.6. The molecule has 0 radical (unpaired) electrons. The van der Waals surface area contributed by atoms with Crippen molar-refractivity contribution in [1.82, 2.24) is 20.0 Å². The molecule has 1 aromatic carbocycles. The van der Waals surface area contributed by atoms with Gasteiger partial charge in [0.25, 0.3) is 0 Å². The van der Waals surface area contributed by atoms with Crippen LogP contribution in [0.25, 0.3) is 11.3 Å². The lowest BCUT2D eigenvalue weighted by Crippen LogP contribution is -2.41. The first kappa shape index (κ1) is 19.8. The van der Waals surface area contributed by atoms with Crippen molar-refractivity contribution in [3.63, 3.8) is 0 Å². The van der Waals surface area contributed by atoms with Crippen LogP contribution in [0.5, 0.6) is 0 Å². The van der Waals surface area contributed by atoms with Crippen molar-refractivity contribution >= 4 is 17.2 Å². The number of rotatable bonds is 7. The minimum atomic E-state index is -0.212. The Hall–Kier alpha value is -2.51. The van der Waals surface area contributed by atoms with Crippen LogP contribution in [-0.2, 0) is 17.9 Å². The average molecular weight is 413 g/mol. The number of hydrogen-bond acceptors (Lipinski definition) is 4. The van der Waals surface area contributed by atoms with Crippen molar-refractivity contribution < 1.29 is 9.18 Å². The van der Waals surface area contributed by atoms with E-state index in [1.165, 1.54) is 6.07 Å². The molecular formula is C22H25FN4OS. The molecule has 0 aliphatic carbocycles. The Morgan fingerprint density at radius 3 is 2.79 bits per heavy atom. The maximum Gasteiger partial charge on any atom is 0.223 e. The Kier molecular flexibility index (Phi) is 6.36. The molecule has 0 unspecified atom stereocenters. The number of carbonyl (C=O) groups is 1. The van der Waals surface area contributed by atoms with E-state index in [0.29, 0.717) is 18.5 Å². The maximum absolute atomic E-state index is 13.6. The molecule has 0 bridgehead atoms. The molecule has 7 heteroatoms. The molecule has 1 amide bonds. The molecule has 0 saturated carbocycles. The fourth-order valence-electron chi connectivity index (χ4n) is 3.71. The van der Waals surface area contributed by atoms with Gasteiger partial charge in [-0.25, -0.2) is 4.39 Å². The number of carbonyl (C=O) groups excluding carboxylic acids is 1. The van der Waals surface area contributed by atoms with Crippen molar-refractivity contribution in [1.29, 1.82) is 0 Å². The number of likely N-dealkylation sites (tertiary alicyclic amines) is 1. The highest BCUT2D eigenvalue weighted by molar-refractivity contribution is 7.08. The van der Waals surface area contributed by atoms with E-state index in [2.05, 4.69) is 32.1 Å². The van der Waals surface area contributed by atoms with Crippen molar-refractivity contribution in [2.24, 2.45) is 5.92 Å². The summed E-state index contributed by atoms with van der Waals surface area (Å²) in [5, 5.41) is 11.8. The SMILES string of the molecule is O=C(NCCc1ccccc1F)C1CCN(Cn2ccc(-c3ccsc3)n2)CC1. The van der Waals surface area contributed by atoms with Gasteiger partial charge >= 0.3 is 0 Å². The molecule has 0 atom stereocenters. The van der Waals surface area contributed by atoms with Crippen LogP contribution in [0.2, 0.25) is 0 Å².